The lowest BCUT2D eigenvalue weighted by Crippen LogP contribution is -2.53. The molecule has 3 atom stereocenters. The van der Waals surface area contributed by atoms with Crippen LogP contribution < -0.4 is 4.74 Å². The number of rotatable bonds is 8. The number of nitrogens with zero attached hydrogens (tertiary/aromatic N) is 2. The molecule has 190 valence electrons. The van der Waals surface area contributed by atoms with Gasteiger partial charge in [0.15, 0.2) is 0 Å². The van der Waals surface area contributed by atoms with E-state index in [4.69, 9.17) is 9.47 Å². The highest BCUT2D eigenvalue weighted by Gasteiger charge is 2.49. The van der Waals surface area contributed by atoms with Crippen molar-refractivity contribution in [3.8, 4) is 5.75 Å². The van der Waals surface area contributed by atoms with Gasteiger partial charge in [-0.15, -0.1) is 0 Å². The first kappa shape index (κ1) is 25.5. The van der Waals surface area contributed by atoms with Crippen molar-refractivity contribution in [1.82, 2.24) is 9.80 Å². The fourth-order valence-corrected chi connectivity index (χ4v) is 5.06. The minimum absolute atomic E-state index is 0.144. The second-order valence-corrected chi connectivity index (χ2v) is 11.3. The molecule has 6 heteroatoms. The number of amides is 1. The van der Waals surface area contributed by atoms with Gasteiger partial charge in [-0.1, -0.05) is 48.5 Å². The van der Waals surface area contributed by atoms with E-state index < -0.39 is 11.2 Å². The molecule has 1 aliphatic heterocycles. The van der Waals surface area contributed by atoms with Gasteiger partial charge in [0.05, 0.1) is 0 Å². The van der Waals surface area contributed by atoms with Crippen molar-refractivity contribution >= 4 is 6.09 Å². The topological polar surface area (TPSA) is 62.2 Å². The molecule has 1 heterocycles. The minimum atomic E-state index is -0.956. The van der Waals surface area contributed by atoms with Crippen LogP contribution in [-0.2, 0) is 4.74 Å². The normalized spacial score (nSPS) is 22.8. The summed E-state index contributed by atoms with van der Waals surface area (Å²) in [6, 6.07) is 20.4. The van der Waals surface area contributed by atoms with Crippen LogP contribution in [0.4, 0.5) is 4.79 Å². The molecule has 1 N–H and O–H groups in total. The predicted octanol–water partition coefficient (Wildman–Crippen LogP) is 5.07. The van der Waals surface area contributed by atoms with Gasteiger partial charge in [0.1, 0.15) is 23.6 Å². The Morgan fingerprint density at radius 3 is 2.20 bits per heavy atom. The van der Waals surface area contributed by atoms with Crippen molar-refractivity contribution in [2.24, 2.45) is 0 Å². The smallest absolute Gasteiger partial charge is 0.410 e. The second-order valence-electron chi connectivity index (χ2n) is 11.3. The van der Waals surface area contributed by atoms with Gasteiger partial charge >= 0.3 is 6.09 Å². The summed E-state index contributed by atoms with van der Waals surface area (Å²) >= 11 is 0. The largest absolute Gasteiger partial charge is 0.491 e. The molecule has 0 aromatic heterocycles. The molecule has 35 heavy (non-hydrogen) atoms. The highest BCUT2D eigenvalue weighted by molar-refractivity contribution is 5.70. The number of carbonyl (C=O) groups is 1. The molecule has 2 aromatic rings. The summed E-state index contributed by atoms with van der Waals surface area (Å²) < 4.78 is 11.6. The number of hydrogen-bond donors (Lipinski definition) is 1. The van der Waals surface area contributed by atoms with Crippen LogP contribution in [0, 0.1) is 0 Å². The number of hydrogen-bond acceptors (Lipinski definition) is 5. The van der Waals surface area contributed by atoms with Gasteiger partial charge in [0.25, 0.3) is 0 Å². The Hall–Kier alpha value is -2.57. The van der Waals surface area contributed by atoms with Crippen molar-refractivity contribution in [2.45, 2.75) is 76.2 Å². The van der Waals surface area contributed by atoms with Gasteiger partial charge in [-0.05, 0) is 64.7 Å². The van der Waals surface area contributed by atoms with Gasteiger partial charge in [-0.25, -0.2) is 4.79 Å². The van der Waals surface area contributed by atoms with Crippen LogP contribution in [0.25, 0.3) is 0 Å². The predicted molar refractivity (Wildman–Crippen MR) is 138 cm³/mol. The van der Waals surface area contributed by atoms with Crippen molar-refractivity contribution in [3.05, 3.63) is 66.2 Å². The molecular weight excluding hydrogens is 440 g/mol. The Kier molecular flexibility index (Phi) is 7.72. The van der Waals surface area contributed by atoms with E-state index in [0.717, 1.165) is 38.1 Å². The summed E-state index contributed by atoms with van der Waals surface area (Å²) in [7, 11) is 0. The molecule has 1 saturated carbocycles. The molecule has 0 radical (unpaired) electrons. The number of carbonyl (C=O) groups excluding carboxylic acids is 1. The zero-order valence-corrected chi connectivity index (χ0v) is 21.5. The van der Waals surface area contributed by atoms with Gasteiger partial charge < -0.3 is 24.4 Å². The lowest BCUT2D eigenvalue weighted by Gasteiger charge is -2.41. The third-order valence-corrected chi connectivity index (χ3v) is 6.75. The van der Waals surface area contributed by atoms with Gasteiger partial charge in [-0.2, -0.15) is 0 Å². The van der Waals surface area contributed by atoms with Crippen molar-refractivity contribution in [1.29, 1.82) is 0 Å². The van der Waals surface area contributed by atoms with E-state index in [0.29, 0.717) is 12.5 Å². The molecule has 1 saturated heterocycles. The van der Waals surface area contributed by atoms with Gasteiger partial charge in [0, 0.05) is 37.6 Å². The number of benzene rings is 2. The number of aliphatic hydroxyl groups is 1. The summed E-state index contributed by atoms with van der Waals surface area (Å²) in [5, 5.41) is 10.9. The number of para-hydroxylation sites is 1. The first-order chi connectivity index (χ1) is 16.6. The average Bonchev–Trinajstić information content (AvgIpc) is 3.59. The summed E-state index contributed by atoms with van der Waals surface area (Å²) in [5.41, 5.74) is -0.189. The zero-order valence-electron chi connectivity index (χ0n) is 21.5. The summed E-state index contributed by atoms with van der Waals surface area (Å²) in [6.07, 6.45) is 2.51. The molecule has 1 amide bonds. The molecular formula is C29H40N2O4. The van der Waals surface area contributed by atoms with Crippen LogP contribution in [-0.4, -0.2) is 70.5 Å². The van der Waals surface area contributed by atoms with E-state index in [-0.39, 0.29) is 24.8 Å². The second kappa shape index (κ2) is 10.6. The Balaban J connectivity index is 1.35. The first-order valence-corrected chi connectivity index (χ1v) is 12.8. The first-order valence-electron chi connectivity index (χ1n) is 12.8. The molecule has 2 fully saturated rings. The van der Waals surface area contributed by atoms with Crippen molar-refractivity contribution < 1.29 is 19.4 Å². The van der Waals surface area contributed by atoms with Crippen LogP contribution in [0.5, 0.6) is 5.75 Å². The number of likely N-dealkylation sites (tertiary alicyclic amines) is 1. The highest BCUT2D eigenvalue weighted by Crippen LogP contribution is 2.46. The molecule has 0 bridgehead atoms. The monoisotopic (exact) mass is 480 g/mol. The molecule has 4 rings (SSSR count). The molecule has 0 spiro atoms. The minimum Gasteiger partial charge on any atom is -0.491 e. The average molecular weight is 481 g/mol. The third-order valence-electron chi connectivity index (χ3n) is 6.75. The van der Waals surface area contributed by atoms with Crippen LogP contribution in [0.2, 0.25) is 0 Å². The van der Waals surface area contributed by atoms with Crippen molar-refractivity contribution in [3.63, 3.8) is 0 Å². The fraction of sp³-hybridized carbons (Fsp3) is 0.552. The van der Waals surface area contributed by atoms with E-state index in [1.165, 1.54) is 5.56 Å². The number of ether oxygens (including phenoxy) is 2. The van der Waals surface area contributed by atoms with E-state index in [1.807, 2.05) is 69.0 Å². The van der Waals surface area contributed by atoms with E-state index in [1.54, 1.807) is 0 Å². The summed E-state index contributed by atoms with van der Waals surface area (Å²) in [5.74, 6) is 1.13. The molecule has 2 aliphatic rings. The number of piperidine rings is 1. The maximum absolute atomic E-state index is 13.3. The maximum Gasteiger partial charge on any atom is 0.410 e. The van der Waals surface area contributed by atoms with Gasteiger partial charge in [0.2, 0.25) is 0 Å². The lowest BCUT2D eigenvalue weighted by atomic mass is 10.00. The highest BCUT2D eigenvalue weighted by atomic mass is 16.6. The Morgan fingerprint density at radius 2 is 1.60 bits per heavy atom. The summed E-state index contributed by atoms with van der Waals surface area (Å²) in [6.45, 7) is 10.0. The quantitative estimate of drug-likeness (QED) is 0.571. The lowest BCUT2D eigenvalue weighted by molar-refractivity contribution is -0.0306. The maximum atomic E-state index is 13.3. The molecule has 6 nitrogen and oxygen atoms in total. The molecule has 1 aliphatic carbocycles. The summed E-state index contributed by atoms with van der Waals surface area (Å²) in [4.78, 5) is 17.6. The molecule has 1 unspecified atom stereocenters. The van der Waals surface area contributed by atoms with Crippen molar-refractivity contribution in [2.75, 3.05) is 26.2 Å². The van der Waals surface area contributed by atoms with E-state index >= 15 is 0 Å². The number of β-amino-alcohol motifs (C(OH)–C–C–N with tert-alkyl or cyclic N) is 1. The Morgan fingerprint density at radius 1 is 1.00 bits per heavy atom. The van der Waals surface area contributed by atoms with E-state index in [2.05, 4.69) is 29.2 Å². The van der Waals surface area contributed by atoms with Crippen LogP contribution >= 0.6 is 0 Å². The van der Waals surface area contributed by atoms with Crippen LogP contribution in [0.15, 0.2) is 60.7 Å². The standard InChI is InChI=1S/C29H40N2O4/c1-28(2,3)35-27(32)31(26-19-25(26)22-11-7-5-8-12-22)23-15-17-30(18-16-23)20-29(4,33)21-34-24-13-9-6-10-14-24/h5-14,23,25-26,33H,15-21H2,1-4H3/t25-,26+,29?/m1/s1. The molecule has 2 aromatic carbocycles. The SMILES string of the molecule is CC(O)(COc1ccccc1)CN1CCC(N(C(=O)OC(C)(C)C)[C@H]2C[C@@H]2c2ccccc2)CC1. The Bertz CT molecular complexity index is 950. The Labute approximate surface area is 209 Å². The van der Waals surface area contributed by atoms with E-state index in [9.17, 15) is 9.90 Å². The van der Waals surface area contributed by atoms with Crippen LogP contribution in [0.3, 0.4) is 0 Å². The van der Waals surface area contributed by atoms with Crippen LogP contribution in [0.1, 0.15) is 58.4 Å². The fourth-order valence-electron chi connectivity index (χ4n) is 5.06. The van der Waals surface area contributed by atoms with Gasteiger partial charge in [-0.3, -0.25) is 0 Å². The zero-order chi connectivity index (χ0) is 25.1. The third kappa shape index (κ3) is 7.21.